The molecular weight excluding hydrogens is 487 g/mol. The monoisotopic (exact) mass is 506 g/mol. The molecule has 182 valence electrons. The SMILES string of the molecule is O=C(O)N(c1nc2ccc(C3(O)c4ccccc4C(=O)N3c3cccc(Cl)c3F)cc2[nH]1)C1CCC1. The Bertz CT molecular complexity index is 1550. The number of carbonyl (C=O) groups is 2. The molecule has 0 radical (unpaired) electrons. The van der Waals surface area contributed by atoms with Crippen LogP contribution in [0.2, 0.25) is 5.02 Å². The molecule has 1 unspecified atom stereocenters. The quantitative estimate of drug-likeness (QED) is 0.350. The molecule has 1 aliphatic heterocycles. The number of hydrogen-bond donors (Lipinski definition) is 3. The number of anilines is 2. The number of aromatic amines is 1. The van der Waals surface area contributed by atoms with Crippen LogP contribution < -0.4 is 9.80 Å². The third-order valence-electron chi connectivity index (χ3n) is 6.98. The first-order valence-corrected chi connectivity index (χ1v) is 11.8. The smallest absolute Gasteiger partial charge is 0.414 e. The lowest BCUT2D eigenvalue weighted by Gasteiger charge is -2.35. The number of aromatic nitrogens is 2. The Kier molecular flexibility index (Phi) is 5.03. The fraction of sp³-hybridized carbons (Fsp3) is 0.192. The Hall–Kier alpha value is -3.95. The molecule has 1 saturated carbocycles. The lowest BCUT2D eigenvalue weighted by Crippen LogP contribution is -2.45. The van der Waals surface area contributed by atoms with Gasteiger partial charge in [0, 0.05) is 22.7 Å². The van der Waals surface area contributed by atoms with E-state index in [2.05, 4.69) is 9.97 Å². The van der Waals surface area contributed by atoms with Gasteiger partial charge in [0.1, 0.15) is 0 Å². The third kappa shape index (κ3) is 3.13. The van der Waals surface area contributed by atoms with E-state index in [0.29, 0.717) is 11.0 Å². The highest BCUT2D eigenvalue weighted by molar-refractivity contribution is 6.31. The van der Waals surface area contributed by atoms with Gasteiger partial charge in [-0.15, -0.1) is 0 Å². The molecule has 8 nitrogen and oxygen atoms in total. The topological polar surface area (TPSA) is 110 Å². The normalized spacial score (nSPS) is 19.4. The average molecular weight is 507 g/mol. The lowest BCUT2D eigenvalue weighted by atomic mass is 9.92. The molecule has 2 amide bonds. The van der Waals surface area contributed by atoms with Gasteiger partial charge in [-0.05, 0) is 49.6 Å². The fourth-order valence-electron chi connectivity index (χ4n) is 4.99. The number of carbonyl (C=O) groups excluding carboxylic acids is 1. The molecule has 36 heavy (non-hydrogen) atoms. The number of aliphatic hydroxyl groups is 1. The van der Waals surface area contributed by atoms with Crippen molar-refractivity contribution in [2.75, 3.05) is 9.80 Å². The standard InChI is InChI=1S/C26H20ClFN4O4/c27-18-9-4-10-21(22(18)28)32-23(33)16-7-1-2-8-17(16)26(32,36)14-11-12-19-20(13-14)30-24(29-19)31(25(34)35)15-5-3-6-15/h1-2,4,7-13,15,36H,3,5-6H2,(H,29,30)(H,34,35). The number of nitrogens with one attached hydrogen (secondary N) is 1. The van der Waals surface area contributed by atoms with Crippen molar-refractivity contribution in [3.63, 3.8) is 0 Å². The van der Waals surface area contributed by atoms with Crippen molar-refractivity contribution >= 4 is 46.3 Å². The number of fused-ring (bicyclic) bond motifs is 2. The maximum Gasteiger partial charge on any atom is 0.414 e. The van der Waals surface area contributed by atoms with Crippen LogP contribution in [0.25, 0.3) is 11.0 Å². The van der Waals surface area contributed by atoms with Gasteiger partial charge >= 0.3 is 6.09 Å². The number of H-pyrrole nitrogens is 1. The highest BCUT2D eigenvalue weighted by atomic mass is 35.5. The van der Waals surface area contributed by atoms with Crippen molar-refractivity contribution in [1.29, 1.82) is 0 Å². The van der Waals surface area contributed by atoms with Crippen molar-refractivity contribution in [1.82, 2.24) is 9.97 Å². The molecular formula is C26H20ClFN4O4. The molecule has 2 aliphatic rings. The maximum absolute atomic E-state index is 15.1. The summed E-state index contributed by atoms with van der Waals surface area (Å²) in [6.07, 6.45) is 1.37. The summed E-state index contributed by atoms with van der Waals surface area (Å²) in [7, 11) is 0. The largest absolute Gasteiger partial charge is 0.465 e. The number of halogens is 2. The van der Waals surface area contributed by atoms with Crippen molar-refractivity contribution in [2.45, 2.75) is 31.0 Å². The van der Waals surface area contributed by atoms with Crippen LogP contribution in [-0.4, -0.2) is 38.2 Å². The van der Waals surface area contributed by atoms with E-state index in [9.17, 15) is 19.8 Å². The van der Waals surface area contributed by atoms with Gasteiger partial charge < -0.3 is 15.2 Å². The predicted molar refractivity (Wildman–Crippen MR) is 132 cm³/mol. The Morgan fingerprint density at radius 2 is 1.94 bits per heavy atom. The van der Waals surface area contributed by atoms with Gasteiger partial charge in [0.25, 0.3) is 5.91 Å². The molecule has 2 heterocycles. The van der Waals surface area contributed by atoms with Crippen LogP contribution >= 0.6 is 11.6 Å². The Labute approximate surface area is 209 Å². The Balaban J connectivity index is 1.52. The molecule has 1 aromatic heterocycles. The van der Waals surface area contributed by atoms with Crippen LogP contribution in [0.1, 0.15) is 40.7 Å². The lowest BCUT2D eigenvalue weighted by molar-refractivity contribution is 0.0699. The summed E-state index contributed by atoms with van der Waals surface area (Å²) in [4.78, 5) is 35.1. The number of hydrogen-bond acceptors (Lipinski definition) is 4. The number of imidazole rings is 1. The summed E-state index contributed by atoms with van der Waals surface area (Å²) in [5.74, 6) is -1.23. The van der Waals surface area contributed by atoms with Gasteiger partial charge in [0.2, 0.25) is 5.95 Å². The number of carboxylic acid groups (broad SMARTS) is 1. The summed E-state index contributed by atoms with van der Waals surface area (Å²) in [5.41, 5.74) is -0.487. The van der Waals surface area contributed by atoms with Crippen LogP contribution in [0.5, 0.6) is 0 Å². The molecule has 1 atom stereocenters. The molecule has 1 fully saturated rings. The van der Waals surface area contributed by atoms with E-state index in [1.54, 1.807) is 42.5 Å². The minimum Gasteiger partial charge on any atom is -0.465 e. The minimum atomic E-state index is -2.06. The van der Waals surface area contributed by atoms with Crippen molar-refractivity contribution in [3.8, 4) is 0 Å². The Morgan fingerprint density at radius 3 is 2.67 bits per heavy atom. The van der Waals surface area contributed by atoms with E-state index in [0.717, 1.165) is 24.2 Å². The van der Waals surface area contributed by atoms with E-state index < -0.39 is 23.5 Å². The van der Waals surface area contributed by atoms with Crippen LogP contribution in [0.15, 0.2) is 60.7 Å². The van der Waals surface area contributed by atoms with E-state index >= 15 is 4.39 Å². The Morgan fingerprint density at radius 1 is 1.17 bits per heavy atom. The van der Waals surface area contributed by atoms with E-state index in [-0.39, 0.29) is 39.4 Å². The van der Waals surface area contributed by atoms with E-state index in [1.165, 1.54) is 23.1 Å². The second-order valence-electron chi connectivity index (χ2n) is 8.96. The van der Waals surface area contributed by atoms with Crippen LogP contribution in [0.4, 0.5) is 20.8 Å². The summed E-state index contributed by atoms with van der Waals surface area (Å²) < 4.78 is 15.1. The fourth-order valence-corrected chi connectivity index (χ4v) is 5.16. The molecule has 3 aromatic carbocycles. The molecule has 0 spiro atoms. The number of benzene rings is 3. The van der Waals surface area contributed by atoms with E-state index in [1.807, 2.05) is 0 Å². The molecule has 0 bridgehead atoms. The first-order chi connectivity index (χ1) is 17.3. The van der Waals surface area contributed by atoms with Crippen molar-refractivity contribution < 1.29 is 24.2 Å². The number of nitrogens with zero attached hydrogens (tertiary/aromatic N) is 3. The molecule has 10 heteroatoms. The zero-order chi connectivity index (χ0) is 25.2. The van der Waals surface area contributed by atoms with Gasteiger partial charge in [0.15, 0.2) is 11.5 Å². The zero-order valence-corrected chi connectivity index (χ0v) is 19.5. The minimum absolute atomic E-state index is 0.146. The van der Waals surface area contributed by atoms with Gasteiger partial charge in [-0.2, -0.15) is 0 Å². The average Bonchev–Trinajstić information content (AvgIpc) is 3.35. The molecule has 0 saturated heterocycles. The van der Waals surface area contributed by atoms with Crippen LogP contribution in [0, 0.1) is 5.82 Å². The highest BCUT2D eigenvalue weighted by Crippen LogP contribution is 2.46. The summed E-state index contributed by atoms with van der Waals surface area (Å²) in [5, 5.41) is 21.7. The molecule has 4 aromatic rings. The van der Waals surface area contributed by atoms with Gasteiger partial charge in [-0.1, -0.05) is 41.9 Å². The van der Waals surface area contributed by atoms with Crippen molar-refractivity contribution in [3.05, 3.63) is 88.2 Å². The van der Waals surface area contributed by atoms with Crippen molar-refractivity contribution in [2.24, 2.45) is 0 Å². The maximum atomic E-state index is 15.1. The summed E-state index contributed by atoms with van der Waals surface area (Å²) in [6.45, 7) is 0. The van der Waals surface area contributed by atoms with Crippen LogP contribution in [-0.2, 0) is 5.72 Å². The number of rotatable bonds is 4. The first kappa shape index (κ1) is 22.5. The third-order valence-corrected chi connectivity index (χ3v) is 7.27. The predicted octanol–water partition coefficient (Wildman–Crippen LogP) is 5.25. The number of amides is 2. The summed E-state index contributed by atoms with van der Waals surface area (Å²) in [6, 6.07) is 15.4. The zero-order valence-electron chi connectivity index (χ0n) is 18.8. The molecule has 1 aliphatic carbocycles. The van der Waals surface area contributed by atoms with E-state index in [4.69, 9.17) is 11.6 Å². The van der Waals surface area contributed by atoms with Crippen LogP contribution in [0.3, 0.4) is 0 Å². The molecule has 6 rings (SSSR count). The first-order valence-electron chi connectivity index (χ1n) is 11.4. The van der Waals surface area contributed by atoms with Gasteiger partial charge in [-0.3, -0.25) is 9.69 Å². The second-order valence-corrected chi connectivity index (χ2v) is 9.37. The van der Waals surface area contributed by atoms with Gasteiger partial charge in [0.05, 0.1) is 21.7 Å². The second kappa shape index (κ2) is 8.04. The summed E-state index contributed by atoms with van der Waals surface area (Å²) >= 11 is 6.01. The molecule has 3 N–H and O–H groups in total. The van der Waals surface area contributed by atoms with Gasteiger partial charge in [-0.25, -0.2) is 19.1 Å². The highest BCUT2D eigenvalue weighted by Gasteiger charge is 2.51.